The van der Waals surface area contributed by atoms with E-state index in [1.54, 1.807) is 0 Å². The fourth-order valence-corrected chi connectivity index (χ4v) is 3.71. The van der Waals surface area contributed by atoms with E-state index in [1.165, 1.54) is 23.8 Å². The molecule has 3 aromatic heterocycles. The summed E-state index contributed by atoms with van der Waals surface area (Å²) in [5.41, 5.74) is 3.25. The summed E-state index contributed by atoms with van der Waals surface area (Å²) in [7, 11) is 2.05. The van der Waals surface area contributed by atoms with Crippen LogP contribution in [0.2, 0.25) is 5.02 Å². The Morgan fingerprint density at radius 3 is 3.00 bits per heavy atom. The molecule has 4 aromatic rings. The van der Waals surface area contributed by atoms with Gasteiger partial charge in [0.05, 0.1) is 0 Å². The third-order valence-corrected chi connectivity index (χ3v) is 5.25. The van der Waals surface area contributed by atoms with Gasteiger partial charge in [0.25, 0.3) is 0 Å². The number of rotatable bonds is 5. The van der Waals surface area contributed by atoms with Crippen molar-refractivity contribution >= 4 is 34.0 Å². The first kappa shape index (κ1) is 15.6. The van der Waals surface area contributed by atoms with Gasteiger partial charge in [-0.05, 0) is 37.0 Å². The van der Waals surface area contributed by atoms with E-state index in [1.807, 2.05) is 31.6 Å². The van der Waals surface area contributed by atoms with E-state index in [2.05, 4.69) is 41.7 Å². The largest absolute Gasteiger partial charge is 0.367 e. The van der Waals surface area contributed by atoms with Crippen LogP contribution in [-0.2, 0) is 13.5 Å². The molecule has 5 rings (SSSR count). The van der Waals surface area contributed by atoms with Crippen molar-refractivity contribution in [1.82, 2.24) is 24.1 Å². The summed E-state index contributed by atoms with van der Waals surface area (Å²) in [6.45, 7) is 0.778. The quantitative estimate of drug-likeness (QED) is 0.583. The standard InChI is InChI=1S/C19H19ClN6/c1-25-11-13(15-5-4-14(20)10-16(15)25)6-7-21-17-19-24-23-18(12-2-3-12)26(19)9-8-22-17/h4-5,8-12H,2-3,6-7H2,1H3,(H,21,22). The summed E-state index contributed by atoms with van der Waals surface area (Å²) in [4.78, 5) is 4.45. The van der Waals surface area contributed by atoms with Crippen LogP contribution in [0.5, 0.6) is 0 Å². The molecule has 0 radical (unpaired) electrons. The number of aromatic nitrogens is 5. The summed E-state index contributed by atoms with van der Waals surface area (Å²) in [6, 6.07) is 6.04. The van der Waals surface area contributed by atoms with Crippen LogP contribution in [0.3, 0.4) is 0 Å². The predicted molar refractivity (Wildman–Crippen MR) is 103 cm³/mol. The van der Waals surface area contributed by atoms with Crippen molar-refractivity contribution in [2.45, 2.75) is 25.2 Å². The Hall–Kier alpha value is -2.60. The van der Waals surface area contributed by atoms with Gasteiger partial charge in [-0.1, -0.05) is 17.7 Å². The van der Waals surface area contributed by atoms with Crippen molar-refractivity contribution in [2.75, 3.05) is 11.9 Å². The van der Waals surface area contributed by atoms with Crippen molar-refractivity contribution < 1.29 is 0 Å². The topological polar surface area (TPSA) is 60.0 Å². The first-order chi connectivity index (χ1) is 12.7. The van der Waals surface area contributed by atoms with Crippen molar-refractivity contribution in [3.63, 3.8) is 0 Å². The lowest BCUT2D eigenvalue weighted by molar-refractivity contribution is 0.894. The van der Waals surface area contributed by atoms with Crippen molar-refractivity contribution in [3.8, 4) is 0 Å². The van der Waals surface area contributed by atoms with Gasteiger partial charge in [-0.25, -0.2) is 4.98 Å². The Balaban J connectivity index is 1.37. The first-order valence-electron chi connectivity index (χ1n) is 8.87. The molecule has 0 spiro atoms. The maximum absolute atomic E-state index is 6.12. The number of nitrogens with zero attached hydrogens (tertiary/aromatic N) is 5. The Labute approximate surface area is 155 Å². The van der Waals surface area contributed by atoms with Gasteiger partial charge in [-0.15, -0.1) is 10.2 Å². The molecular formula is C19H19ClN6. The number of nitrogens with one attached hydrogen (secondary N) is 1. The Kier molecular flexibility index (Phi) is 3.60. The second kappa shape index (κ2) is 5.99. The molecule has 6 nitrogen and oxygen atoms in total. The molecule has 1 aliphatic carbocycles. The van der Waals surface area contributed by atoms with Crippen LogP contribution < -0.4 is 5.32 Å². The van der Waals surface area contributed by atoms with Crippen LogP contribution in [0, 0.1) is 0 Å². The van der Waals surface area contributed by atoms with E-state index < -0.39 is 0 Å². The molecule has 0 bridgehead atoms. The molecular weight excluding hydrogens is 348 g/mol. The van der Waals surface area contributed by atoms with Crippen LogP contribution in [0.15, 0.2) is 36.8 Å². The van der Waals surface area contributed by atoms with Gasteiger partial charge in [0.15, 0.2) is 5.82 Å². The molecule has 1 N–H and O–H groups in total. The number of aryl methyl sites for hydroxylation is 1. The summed E-state index contributed by atoms with van der Waals surface area (Å²) >= 11 is 6.12. The number of anilines is 1. The van der Waals surface area contributed by atoms with Crippen molar-refractivity contribution in [3.05, 3.63) is 53.2 Å². The average molecular weight is 367 g/mol. The maximum Gasteiger partial charge on any atom is 0.203 e. The normalized spacial score (nSPS) is 14.4. The molecule has 0 unspecified atom stereocenters. The molecule has 0 amide bonds. The Morgan fingerprint density at radius 2 is 2.15 bits per heavy atom. The molecule has 1 saturated carbocycles. The van der Waals surface area contributed by atoms with Crippen LogP contribution in [0.4, 0.5) is 5.82 Å². The minimum absolute atomic E-state index is 0.558. The van der Waals surface area contributed by atoms with Crippen molar-refractivity contribution in [2.24, 2.45) is 7.05 Å². The minimum atomic E-state index is 0.558. The molecule has 0 atom stereocenters. The van der Waals surface area contributed by atoms with Gasteiger partial charge in [-0.2, -0.15) is 0 Å². The third kappa shape index (κ3) is 2.61. The van der Waals surface area contributed by atoms with E-state index in [0.29, 0.717) is 5.92 Å². The zero-order valence-corrected chi connectivity index (χ0v) is 15.2. The highest BCUT2D eigenvalue weighted by molar-refractivity contribution is 6.31. The first-order valence-corrected chi connectivity index (χ1v) is 9.25. The van der Waals surface area contributed by atoms with Crippen LogP contribution in [0.25, 0.3) is 16.6 Å². The highest BCUT2D eigenvalue weighted by atomic mass is 35.5. The van der Waals surface area contributed by atoms with E-state index in [0.717, 1.165) is 40.8 Å². The van der Waals surface area contributed by atoms with Gasteiger partial charge >= 0.3 is 0 Å². The molecule has 1 aliphatic rings. The van der Waals surface area contributed by atoms with Crippen LogP contribution >= 0.6 is 11.6 Å². The Morgan fingerprint density at radius 1 is 1.27 bits per heavy atom. The lowest BCUT2D eigenvalue weighted by atomic mass is 10.1. The SMILES string of the molecule is Cn1cc(CCNc2nccn3c(C4CC4)nnc23)c2ccc(Cl)cc21. The van der Waals surface area contributed by atoms with Gasteiger partial charge in [0, 0.05) is 54.0 Å². The maximum atomic E-state index is 6.12. The summed E-state index contributed by atoms with van der Waals surface area (Å²) < 4.78 is 4.18. The van der Waals surface area contributed by atoms with Crippen LogP contribution in [0.1, 0.15) is 30.1 Å². The van der Waals surface area contributed by atoms with Gasteiger partial charge in [0.2, 0.25) is 5.65 Å². The molecule has 1 fully saturated rings. The second-order valence-corrected chi connectivity index (χ2v) is 7.34. The highest BCUT2D eigenvalue weighted by Crippen LogP contribution is 2.39. The van der Waals surface area contributed by atoms with E-state index >= 15 is 0 Å². The molecule has 26 heavy (non-hydrogen) atoms. The van der Waals surface area contributed by atoms with E-state index in [4.69, 9.17) is 11.6 Å². The third-order valence-electron chi connectivity index (χ3n) is 5.02. The van der Waals surface area contributed by atoms with Crippen LogP contribution in [-0.4, -0.2) is 30.7 Å². The number of hydrogen-bond donors (Lipinski definition) is 1. The lowest BCUT2D eigenvalue weighted by Gasteiger charge is -2.06. The smallest absolute Gasteiger partial charge is 0.203 e. The molecule has 1 aromatic carbocycles. The predicted octanol–water partition coefficient (Wildman–Crippen LogP) is 3.80. The van der Waals surface area contributed by atoms with E-state index in [9.17, 15) is 0 Å². The highest BCUT2D eigenvalue weighted by Gasteiger charge is 2.29. The monoisotopic (exact) mass is 366 g/mol. The summed E-state index contributed by atoms with van der Waals surface area (Å²) in [5.74, 6) is 2.40. The molecule has 0 saturated heterocycles. The fourth-order valence-electron chi connectivity index (χ4n) is 3.54. The number of benzene rings is 1. The molecule has 132 valence electrons. The lowest BCUT2D eigenvalue weighted by Crippen LogP contribution is -2.08. The summed E-state index contributed by atoms with van der Waals surface area (Å²) in [5, 5.41) is 14.1. The molecule has 0 aliphatic heterocycles. The van der Waals surface area contributed by atoms with Gasteiger partial charge in [-0.3, -0.25) is 4.40 Å². The number of hydrogen-bond acceptors (Lipinski definition) is 4. The zero-order valence-electron chi connectivity index (χ0n) is 14.5. The zero-order chi connectivity index (χ0) is 17.7. The fraction of sp³-hybridized carbons (Fsp3) is 0.316. The molecule has 3 heterocycles. The van der Waals surface area contributed by atoms with Gasteiger partial charge < -0.3 is 9.88 Å². The summed E-state index contributed by atoms with van der Waals surface area (Å²) in [6.07, 6.45) is 9.23. The van der Waals surface area contributed by atoms with Gasteiger partial charge in [0.1, 0.15) is 5.82 Å². The second-order valence-electron chi connectivity index (χ2n) is 6.91. The number of halogens is 1. The van der Waals surface area contributed by atoms with E-state index in [-0.39, 0.29) is 0 Å². The van der Waals surface area contributed by atoms with Crippen molar-refractivity contribution in [1.29, 1.82) is 0 Å². The minimum Gasteiger partial charge on any atom is -0.367 e. The average Bonchev–Trinajstić information content (AvgIpc) is 3.31. The molecule has 7 heteroatoms. The Bertz CT molecular complexity index is 1110. The number of fused-ring (bicyclic) bond motifs is 2.